The van der Waals surface area contributed by atoms with Gasteiger partial charge in [0.15, 0.2) is 5.16 Å². The van der Waals surface area contributed by atoms with Gasteiger partial charge in [-0.25, -0.2) is 4.98 Å². The van der Waals surface area contributed by atoms with Gasteiger partial charge in [0.05, 0.1) is 11.7 Å². The van der Waals surface area contributed by atoms with Gasteiger partial charge >= 0.3 is 0 Å². The lowest BCUT2D eigenvalue weighted by Gasteiger charge is -2.33. The van der Waals surface area contributed by atoms with Crippen molar-refractivity contribution in [2.75, 3.05) is 39.0 Å². The van der Waals surface area contributed by atoms with Gasteiger partial charge in [-0.3, -0.25) is 14.2 Å². The molecule has 0 saturated carbocycles. The van der Waals surface area contributed by atoms with Crippen molar-refractivity contribution in [3.8, 4) is 0 Å². The Morgan fingerprint density at radius 1 is 1.21 bits per heavy atom. The molecule has 7 heteroatoms. The smallest absolute Gasteiger partial charge is 0.257 e. The summed E-state index contributed by atoms with van der Waals surface area (Å²) in [5.41, 5.74) is 2.00. The number of nitrogens with zero attached hydrogens (tertiary/aromatic N) is 4. The molecule has 24 heavy (non-hydrogen) atoms. The van der Waals surface area contributed by atoms with E-state index in [0.717, 1.165) is 74.0 Å². The summed E-state index contributed by atoms with van der Waals surface area (Å²) in [6, 6.07) is -0.0376. The summed E-state index contributed by atoms with van der Waals surface area (Å²) in [5.74, 6) is 0.955. The summed E-state index contributed by atoms with van der Waals surface area (Å²) < 4.78 is 1.81. The van der Waals surface area contributed by atoms with Crippen molar-refractivity contribution >= 4 is 17.7 Å². The third-order valence-corrected chi connectivity index (χ3v) is 6.49. The van der Waals surface area contributed by atoms with Crippen LogP contribution in [0.2, 0.25) is 0 Å². The Kier molecular flexibility index (Phi) is 4.39. The van der Waals surface area contributed by atoms with Gasteiger partial charge in [0, 0.05) is 43.9 Å². The quantitative estimate of drug-likeness (QED) is 0.745. The molecular formula is C17H24N4O2S. The van der Waals surface area contributed by atoms with Gasteiger partial charge in [-0.05, 0) is 32.7 Å². The second-order valence-electron chi connectivity index (χ2n) is 7.05. The lowest BCUT2D eigenvalue weighted by atomic mass is 9.97. The number of carbonyl (C=O) groups is 1. The van der Waals surface area contributed by atoms with Gasteiger partial charge in [0.25, 0.3) is 5.56 Å². The van der Waals surface area contributed by atoms with E-state index in [1.807, 2.05) is 9.47 Å². The van der Waals surface area contributed by atoms with Crippen molar-refractivity contribution in [1.82, 2.24) is 19.4 Å². The minimum absolute atomic E-state index is 0.0376. The fourth-order valence-electron chi connectivity index (χ4n) is 3.85. The molecule has 2 aliphatic heterocycles. The Morgan fingerprint density at radius 2 is 1.96 bits per heavy atom. The zero-order valence-corrected chi connectivity index (χ0v) is 15.0. The number of hydrogen-bond donors (Lipinski definition) is 0. The molecular weight excluding hydrogens is 324 g/mol. The number of aromatic nitrogens is 2. The van der Waals surface area contributed by atoms with E-state index in [1.165, 1.54) is 0 Å². The first-order valence-electron chi connectivity index (χ1n) is 8.87. The molecule has 3 aliphatic rings. The monoisotopic (exact) mass is 348 g/mol. The SMILES string of the molecule is CN1CCN(C(=O)C[C@@H]2CSc3nc4c(c(=O)n32)CCCC4)CC1. The molecule has 0 spiro atoms. The van der Waals surface area contributed by atoms with Gasteiger partial charge in [-0.1, -0.05) is 11.8 Å². The predicted molar refractivity (Wildman–Crippen MR) is 93.6 cm³/mol. The maximum atomic E-state index is 12.9. The van der Waals surface area contributed by atoms with E-state index < -0.39 is 0 Å². The van der Waals surface area contributed by atoms with E-state index in [9.17, 15) is 9.59 Å². The van der Waals surface area contributed by atoms with Crippen LogP contribution in [0.1, 0.15) is 36.6 Å². The van der Waals surface area contributed by atoms with Gasteiger partial charge in [0.1, 0.15) is 0 Å². The Bertz CT molecular complexity index is 709. The van der Waals surface area contributed by atoms with Gasteiger partial charge in [-0.15, -0.1) is 0 Å². The van der Waals surface area contributed by atoms with Crippen LogP contribution in [-0.2, 0) is 17.6 Å². The fourth-order valence-corrected chi connectivity index (χ4v) is 5.00. The summed E-state index contributed by atoms with van der Waals surface area (Å²) in [7, 11) is 2.08. The maximum absolute atomic E-state index is 12.9. The molecule has 1 aliphatic carbocycles. The van der Waals surface area contributed by atoms with Crippen molar-refractivity contribution < 1.29 is 4.79 Å². The normalized spacial score (nSPS) is 23.9. The third kappa shape index (κ3) is 2.88. The zero-order chi connectivity index (χ0) is 16.7. The highest BCUT2D eigenvalue weighted by molar-refractivity contribution is 7.99. The number of aryl methyl sites for hydroxylation is 1. The van der Waals surface area contributed by atoms with Crippen LogP contribution in [-0.4, -0.2) is 64.2 Å². The molecule has 130 valence electrons. The second-order valence-corrected chi connectivity index (χ2v) is 8.04. The van der Waals surface area contributed by atoms with Crippen molar-refractivity contribution in [2.24, 2.45) is 0 Å². The second kappa shape index (κ2) is 6.52. The lowest BCUT2D eigenvalue weighted by molar-refractivity contribution is -0.133. The number of hydrogen-bond acceptors (Lipinski definition) is 5. The highest BCUT2D eigenvalue weighted by Gasteiger charge is 2.32. The zero-order valence-electron chi connectivity index (χ0n) is 14.2. The first-order valence-corrected chi connectivity index (χ1v) is 9.85. The van der Waals surface area contributed by atoms with E-state index in [0.29, 0.717) is 6.42 Å². The molecule has 1 amide bonds. The maximum Gasteiger partial charge on any atom is 0.257 e. The first-order chi connectivity index (χ1) is 11.6. The van der Waals surface area contributed by atoms with E-state index in [-0.39, 0.29) is 17.5 Å². The standard InChI is InChI=1S/C17H24N4O2S/c1-19-6-8-20(9-7-19)15(22)10-12-11-24-17-18-14-5-3-2-4-13(14)16(23)21(12)17/h12H,2-11H2,1H3/t12-/m1/s1. The molecule has 0 N–H and O–H groups in total. The van der Waals surface area contributed by atoms with E-state index in [4.69, 9.17) is 4.98 Å². The largest absolute Gasteiger partial charge is 0.340 e. The third-order valence-electron chi connectivity index (χ3n) is 5.39. The number of likely N-dealkylation sites (N-methyl/N-ethyl adjacent to an activating group) is 1. The molecule has 0 radical (unpaired) electrons. The van der Waals surface area contributed by atoms with Crippen LogP contribution < -0.4 is 5.56 Å². The molecule has 1 aromatic heterocycles. The van der Waals surface area contributed by atoms with E-state index in [1.54, 1.807) is 11.8 Å². The summed E-state index contributed by atoms with van der Waals surface area (Å²) in [6.07, 6.45) is 4.37. The number of carbonyl (C=O) groups excluding carboxylic acids is 1. The Morgan fingerprint density at radius 3 is 2.75 bits per heavy atom. The molecule has 1 saturated heterocycles. The van der Waals surface area contributed by atoms with Crippen molar-refractivity contribution in [1.29, 1.82) is 0 Å². The Labute approximate surface area is 146 Å². The van der Waals surface area contributed by atoms with Crippen LogP contribution in [0.3, 0.4) is 0 Å². The van der Waals surface area contributed by atoms with Gasteiger partial charge in [-0.2, -0.15) is 0 Å². The molecule has 6 nitrogen and oxygen atoms in total. The van der Waals surface area contributed by atoms with Crippen molar-refractivity contribution in [3.05, 3.63) is 21.6 Å². The van der Waals surface area contributed by atoms with Crippen LogP contribution in [0.25, 0.3) is 0 Å². The lowest BCUT2D eigenvalue weighted by Crippen LogP contribution is -2.47. The van der Waals surface area contributed by atoms with Crippen LogP contribution in [0.5, 0.6) is 0 Å². The summed E-state index contributed by atoms with van der Waals surface area (Å²) >= 11 is 1.62. The van der Waals surface area contributed by atoms with Crippen LogP contribution in [0.15, 0.2) is 9.95 Å². The minimum atomic E-state index is -0.0376. The number of amides is 1. The number of piperazine rings is 1. The number of fused-ring (bicyclic) bond motifs is 2. The predicted octanol–water partition coefficient (Wildman–Crippen LogP) is 0.933. The molecule has 3 heterocycles. The Hall–Kier alpha value is -1.34. The first kappa shape index (κ1) is 16.1. The molecule has 4 rings (SSSR count). The van der Waals surface area contributed by atoms with Crippen LogP contribution >= 0.6 is 11.8 Å². The molecule has 1 fully saturated rings. The van der Waals surface area contributed by atoms with Gasteiger partial charge < -0.3 is 9.80 Å². The average molecular weight is 348 g/mol. The molecule has 1 aromatic rings. The summed E-state index contributed by atoms with van der Waals surface area (Å²) in [6.45, 7) is 3.44. The highest BCUT2D eigenvalue weighted by atomic mass is 32.2. The number of rotatable bonds is 2. The fraction of sp³-hybridized carbons (Fsp3) is 0.706. The van der Waals surface area contributed by atoms with Crippen molar-refractivity contribution in [2.45, 2.75) is 43.3 Å². The van der Waals surface area contributed by atoms with Crippen LogP contribution in [0.4, 0.5) is 0 Å². The topological polar surface area (TPSA) is 58.4 Å². The highest BCUT2D eigenvalue weighted by Crippen LogP contribution is 2.34. The van der Waals surface area contributed by atoms with Crippen molar-refractivity contribution in [3.63, 3.8) is 0 Å². The molecule has 0 aromatic carbocycles. The summed E-state index contributed by atoms with van der Waals surface area (Å²) in [5, 5.41) is 0.817. The van der Waals surface area contributed by atoms with E-state index >= 15 is 0 Å². The molecule has 0 unspecified atom stereocenters. The molecule has 0 bridgehead atoms. The Balaban J connectivity index is 1.54. The molecule has 1 atom stereocenters. The van der Waals surface area contributed by atoms with E-state index in [2.05, 4.69) is 11.9 Å². The average Bonchev–Trinajstić information content (AvgIpc) is 2.98. The minimum Gasteiger partial charge on any atom is -0.340 e. The summed E-state index contributed by atoms with van der Waals surface area (Å²) in [4.78, 5) is 34.4. The number of thioether (sulfide) groups is 1. The van der Waals surface area contributed by atoms with Crippen LogP contribution in [0, 0.1) is 0 Å². The van der Waals surface area contributed by atoms with Gasteiger partial charge in [0.2, 0.25) is 5.91 Å².